The van der Waals surface area contributed by atoms with Gasteiger partial charge in [0.15, 0.2) is 11.0 Å². The Balaban J connectivity index is 1.36. The first-order chi connectivity index (χ1) is 16.6. The van der Waals surface area contributed by atoms with E-state index in [1.165, 1.54) is 23.9 Å². The molecule has 4 aromatic rings. The smallest absolute Gasteiger partial charge is 0.316 e. The van der Waals surface area contributed by atoms with Gasteiger partial charge in [-0.25, -0.2) is 4.39 Å². The van der Waals surface area contributed by atoms with E-state index >= 15 is 0 Å². The first kappa shape index (κ1) is 23.3. The van der Waals surface area contributed by atoms with E-state index in [9.17, 15) is 9.18 Å². The molecule has 1 heterocycles. The van der Waals surface area contributed by atoms with E-state index in [0.717, 1.165) is 11.4 Å². The van der Waals surface area contributed by atoms with Crippen molar-refractivity contribution in [3.8, 4) is 28.6 Å². The number of nitrogens with zero attached hydrogens (tertiary/aromatic N) is 3. The predicted molar refractivity (Wildman–Crippen MR) is 127 cm³/mol. The molecule has 0 fully saturated rings. The maximum absolute atomic E-state index is 13.4. The molecule has 3 aromatic carbocycles. The van der Waals surface area contributed by atoms with Crippen LogP contribution in [0.5, 0.6) is 11.5 Å². The summed E-state index contributed by atoms with van der Waals surface area (Å²) in [6.07, 6.45) is 0. The number of carbonyl (C=O) groups is 1. The van der Waals surface area contributed by atoms with Crippen molar-refractivity contribution < 1.29 is 23.4 Å². The number of esters is 1. The third-order valence-electron chi connectivity index (χ3n) is 4.74. The Hall–Kier alpha value is -3.85. The van der Waals surface area contributed by atoms with Crippen LogP contribution in [0, 0.1) is 5.82 Å². The summed E-state index contributed by atoms with van der Waals surface area (Å²) >= 11 is 1.21. The van der Waals surface area contributed by atoms with E-state index in [2.05, 4.69) is 10.2 Å². The Morgan fingerprint density at radius 2 is 1.62 bits per heavy atom. The summed E-state index contributed by atoms with van der Waals surface area (Å²) in [5, 5.41) is 9.06. The molecule has 34 heavy (non-hydrogen) atoms. The van der Waals surface area contributed by atoms with Gasteiger partial charge >= 0.3 is 5.97 Å². The van der Waals surface area contributed by atoms with Gasteiger partial charge in [0.25, 0.3) is 0 Å². The van der Waals surface area contributed by atoms with Crippen LogP contribution in [0.4, 0.5) is 4.39 Å². The number of rotatable bonds is 10. The number of thioether (sulfide) groups is 1. The minimum absolute atomic E-state index is 0.0525. The van der Waals surface area contributed by atoms with Gasteiger partial charge < -0.3 is 14.2 Å². The molecule has 174 valence electrons. The lowest BCUT2D eigenvalue weighted by Crippen LogP contribution is -2.14. The number of hydrogen-bond acceptors (Lipinski definition) is 7. The molecule has 7 nitrogen and oxygen atoms in total. The SMILES string of the molecule is COc1ccc(OCCOC(=O)CSc2nnc(-c3ccc(F)cc3)n2-c2ccccc2)cc1. The molecular weight excluding hydrogens is 457 g/mol. The van der Waals surface area contributed by atoms with Gasteiger partial charge in [0.2, 0.25) is 0 Å². The van der Waals surface area contributed by atoms with Crippen molar-refractivity contribution in [1.29, 1.82) is 0 Å². The Bertz CT molecular complexity index is 1220. The molecule has 0 amide bonds. The molecule has 0 atom stereocenters. The highest BCUT2D eigenvalue weighted by atomic mass is 32.2. The second-order valence-electron chi connectivity index (χ2n) is 7.02. The highest BCUT2D eigenvalue weighted by Crippen LogP contribution is 2.28. The number of para-hydroxylation sites is 1. The molecule has 0 unspecified atom stereocenters. The van der Waals surface area contributed by atoms with Crippen molar-refractivity contribution in [2.24, 2.45) is 0 Å². The van der Waals surface area contributed by atoms with Gasteiger partial charge in [-0.15, -0.1) is 10.2 Å². The van der Waals surface area contributed by atoms with Crippen LogP contribution in [0.15, 0.2) is 84.0 Å². The molecule has 9 heteroatoms. The lowest BCUT2D eigenvalue weighted by atomic mass is 10.2. The number of carbonyl (C=O) groups excluding carboxylic acids is 1. The number of halogens is 1. The molecule has 0 spiro atoms. The normalized spacial score (nSPS) is 10.6. The molecule has 0 aliphatic carbocycles. The van der Waals surface area contributed by atoms with E-state index in [1.54, 1.807) is 43.5 Å². The zero-order valence-corrected chi connectivity index (χ0v) is 19.2. The summed E-state index contributed by atoms with van der Waals surface area (Å²) in [4.78, 5) is 12.3. The van der Waals surface area contributed by atoms with Crippen LogP contribution in [0.3, 0.4) is 0 Å². The fourth-order valence-corrected chi connectivity index (χ4v) is 3.86. The topological polar surface area (TPSA) is 75.5 Å². The lowest BCUT2D eigenvalue weighted by Gasteiger charge is -2.10. The van der Waals surface area contributed by atoms with Gasteiger partial charge in [-0.1, -0.05) is 30.0 Å². The molecule has 0 bridgehead atoms. The van der Waals surface area contributed by atoms with E-state index in [0.29, 0.717) is 22.3 Å². The fraction of sp³-hybridized carbons (Fsp3) is 0.160. The van der Waals surface area contributed by atoms with Gasteiger partial charge in [-0.3, -0.25) is 9.36 Å². The number of methoxy groups -OCH3 is 1. The Labute approximate surface area is 200 Å². The first-order valence-corrected chi connectivity index (χ1v) is 11.4. The molecule has 1 aromatic heterocycles. The zero-order chi connectivity index (χ0) is 23.8. The van der Waals surface area contributed by atoms with Crippen molar-refractivity contribution in [2.45, 2.75) is 5.16 Å². The standard InChI is InChI=1S/C25H22FN3O4S/c1-31-21-11-13-22(14-12-21)32-15-16-33-23(30)17-34-25-28-27-24(18-7-9-19(26)10-8-18)29(25)20-5-3-2-4-6-20/h2-14H,15-17H2,1H3. The van der Waals surface area contributed by atoms with Gasteiger partial charge in [0.05, 0.1) is 12.9 Å². The van der Waals surface area contributed by atoms with Gasteiger partial charge in [-0.05, 0) is 60.7 Å². The molecule has 0 radical (unpaired) electrons. The average molecular weight is 480 g/mol. The highest BCUT2D eigenvalue weighted by Gasteiger charge is 2.17. The molecule has 0 aliphatic rings. The van der Waals surface area contributed by atoms with Crippen molar-refractivity contribution >= 4 is 17.7 Å². The van der Waals surface area contributed by atoms with Crippen LogP contribution in [0.1, 0.15) is 0 Å². The molecular formula is C25H22FN3O4S. The molecule has 4 rings (SSSR count). The van der Waals surface area contributed by atoms with Crippen LogP contribution in [-0.4, -0.2) is 46.8 Å². The summed E-state index contributed by atoms with van der Waals surface area (Å²) in [5.74, 6) is 1.28. The van der Waals surface area contributed by atoms with Gasteiger partial charge in [-0.2, -0.15) is 0 Å². The maximum Gasteiger partial charge on any atom is 0.316 e. The van der Waals surface area contributed by atoms with Gasteiger partial charge in [0.1, 0.15) is 30.5 Å². The molecule has 0 saturated carbocycles. The quantitative estimate of drug-likeness (QED) is 0.184. The number of aromatic nitrogens is 3. The maximum atomic E-state index is 13.4. The van der Waals surface area contributed by atoms with Gasteiger partial charge in [0, 0.05) is 11.3 Å². The highest BCUT2D eigenvalue weighted by molar-refractivity contribution is 7.99. The molecule has 0 saturated heterocycles. The summed E-state index contributed by atoms with van der Waals surface area (Å²) < 4.78 is 31.2. The summed E-state index contributed by atoms with van der Waals surface area (Å²) in [6, 6.07) is 22.7. The predicted octanol–water partition coefficient (Wildman–Crippen LogP) is 4.80. The Kier molecular flexibility index (Phi) is 7.77. The van der Waals surface area contributed by atoms with E-state index in [1.807, 2.05) is 34.9 Å². The van der Waals surface area contributed by atoms with E-state index in [4.69, 9.17) is 14.2 Å². The largest absolute Gasteiger partial charge is 0.497 e. The third kappa shape index (κ3) is 5.93. The third-order valence-corrected chi connectivity index (χ3v) is 5.65. The van der Waals surface area contributed by atoms with Crippen LogP contribution in [0.25, 0.3) is 17.1 Å². The summed E-state index contributed by atoms with van der Waals surface area (Å²) in [6.45, 7) is 0.356. The van der Waals surface area contributed by atoms with Crippen LogP contribution in [0.2, 0.25) is 0 Å². The minimum Gasteiger partial charge on any atom is -0.497 e. The van der Waals surface area contributed by atoms with E-state index in [-0.39, 0.29) is 24.8 Å². The second kappa shape index (κ2) is 11.3. The molecule has 0 N–H and O–H groups in total. The van der Waals surface area contributed by atoms with Crippen LogP contribution in [-0.2, 0) is 9.53 Å². The first-order valence-electron chi connectivity index (χ1n) is 10.5. The van der Waals surface area contributed by atoms with Crippen molar-refractivity contribution in [1.82, 2.24) is 14.8 Å². The van der Waals surface area contributed by atoms with Crippen LogP contribution < -0.4 is 9.47 Å². The average Bonchev–Trinajstić information content (AvgIpc) is 3.30. The monoisotopic (exact) mass is 479 g/mol. The fourth-order valence-electron chi connectivity index (χ4n) is 3.11. The number of hydrogen-bond donors (Lipinski definition) is 0. The number of ether oxygens (including phenoxy) is 3. The zero-order valence-electron chi connectivity index (χ0n) is 18.4. The Morgan fingerprint density at radius 3 is 2.32 bits per heavy atom. The van der Waals surface area contributed by atoms with Crippen LogP contribution >= 0.6 is 11.8 Å². The van der Waals surface area contributed by atoms with Crippen molar-refractivity contribution in [3.05, 3.63) is 84.7 Å². The van der Waals surface area contributed by atoms with E-state index < -0.39 is 5.97 Å². The minimum atomic E-state index is -0.394. The number of benzene rings is 3. The molecule has 0 aliphatic heterocycles. The lowest BCUT2D eigenvalue weighted by molar-refractivity contribution is -0.141. The van der Waals surface area contributed by atoms with Crippen molar-refractivity contribution in [3.63, 3.8) is 0 Å². The summed E-state index contributed by atoms with van der Waals surface area (Å²) in [5.41, 5.74) is 1.54. The second-order valence-corrected chi connectivity index (χ2v) is 7.96. The Morgan fingerprint density at radius 1 is 0.912 bits per heavy atom. The summed E-state index contributed by atoms with van der Waals surface area (Å²) in [7, 11) is 1.60. The van der Waals surface area contributed by atoms with Crippen molar-refractivity contribution in [2.75, 3.05) is 26.1 Å².